The summed E-state index contributed by atoms with van der Waals surface area (Å²) in [6, 6.07) is 8.15. The van der Waals surface area contributed by atoms with Crippen molar-refractivity contribution in [2.24, 2.45) is 17.8 Å². The highest BCUT2D eigenvalue weighted by Gasteiger charge is 2.41. The van der Waals surface area contributed by atoms with Crippen molar-refractivity contribution in [1.82, 2.24) is 5.32 Å². The van der Waals surface area contributed by atoms with Crippen molar-refractivity contribution in [3.05, 3.63) is 35.9 Å². The van der Waals surface area contributed by atoms with E-state index in [2.05, 4.69) is 5.32 Å². The standard InChI is InChI=1S/C19H24F3NO3/c1-12(18(25)26)17(14-5-3-2-4-6-14)23-16(24)11-13-7-9-15(10-8-13)19(20,21)22/h2-6,12-13,15,17H,7-11H2,1H3,(H,23,24)(H,25,26). The molecule has 1 saturated carbocycles. The lowest BCUT2D eigenvalue weighted by molar-refractivity contribution is -0.184. The van der Waals surface area contributed by atoms with Gasteiger partial charge in [0.1, 0.15) is 0 Å². The molecule has 0 spiro atoms. The van der Waals surface area contributed by atoms with Gasteiger partial charge in [0.15, 0.2) is 0 Å². The minimum absolute atomic E-state index is 0.0507. The Balaban J connectivity index is 1.95. The van der Waals surface area contributed by atoms with Crippen LogP contribution < -0.4 is 5.32 Å². The van der Waals surface area contributed by atoms with Gasteiger partial charge in [-0.1, -0.05) is 30.3 Å². The maximum absolute atomic E-state index is 12.7. The summed E-state index contributed by atoms with van der Waals surface area (Å²) in [5.41, 5.74) is 0.691. The van der Waals surface area contributed by atoms with Crippen LogP contribution in [0.1, 0.15) is 50.6 Å². The van der Waals surface area contributed by atoms with E-state index >= 15 is 0 Å². The predicted octanol–water partition coefficient (Wildman–Crippen LogP) is 4.32. The van der Waals surface area contributed by atoms with E-state index in [0.717, 1.165) is 0 Å². The Hall–Kier alpha value is -2.05. The monoisotopic (exact) mass is 371 g/mol. The largest absolute Gasteiger partial charge is 0.481 e. The van der Waals surface area contributed by atoms with Crippen LogP contribution in [0.25, 0.3) is 0 Å². The Kier molecular flexibility index (Phi) is 6.67. The average molecular weight is 371 g/mol. The average Bonchev–Trinajstić information content (AvgIpc) is 2.59. The fourth-order valence-electron chi connectivity index (χ4n) is 3.49. The Morgan fingerprint density at radius 1 is 1.15 bits per heavy atom. The number of carbonyl (C=O) groups is 2. The number of amides is 1. The third-order valence-electron chi connectivity index (χ3n) is 5.15. The molecule has 0 saturated heterocycles. The molecule has 0 bridgehead atoms. The van der Waals surface area contributed by atoms with Crippen LogP contribution >= 0.6 is 0 Å². The van der Waals surface area contributed by atoms with Crippen molar-refractivity contribution in [3.8, 4) is 0 Å². The number of halogens is 3. The number of carboxylic acid groups (broad SMARTS) is 1. The van der Waals surface area contributed by atoms with Gasteiger partial charge in [0.2, 0.25) is 5.91 Å². The lowest BCUT2D eigenvalue weighted by Crippen LogP contribution is -2.37. The highest BCUT2D eigenvalue weighted by molar-refractivity contribution is 5.78. The van der Waals surface area contributed by atoms with Crippen LogP contribution in [0.15, 0.2) is 30.3 Å². The maximum Gasteiger partial charge on any atom is 0.391 e. The molecular weight excluding hydrogens is 347 g/mol. The van der Waals surface area contributed by atoms with E-state index in [1.54, 1.807) is 30.3 Å². The zero-order valence-electron chi connectivity index (χ0n) is 14.6. The van der Waals surface area contributed by atoms with Gasteiger partial charge >= 0.3 is 12.1 Å². The maximum atomic E-state index is 12.7. The number of hydrogen-bond donors (Lipinski definition) is 2. The number of nitrogens with one attached hydrogen (secondary N) is 1. The quantitative estimate of drug-likeness (QED) is 0.782. The molecule has 2 unspecified atom stereocenters. The predicted molar refractivity (Wildman–Crippen MR) is 90.2 cm³/mol. The van der Waals surface area contributed by atoms with Crippen molar-refractivity contribution < 1.29 is 27.9 Å². The number of alkyl halides is 3. The molecule has 0 radical (unpaired) electrons. The van der Waals surface area contributed by atoms with Crippen LogP contribution in [0, 0.1) is 17.8 Å². The molecule has 144 valence electrons. The van der Waals surface area contributed by atoms with E-state index in [-0.39, 0.29) is 31.1 Å². The van der Waals surface area contributed by atoms with Crippen LogP contribution in [0.5, 0.6) is 0 Å². The molecule has 1 amide bonds. The number of rotatable bonds is 6. The number of carbonyl (C=O) groups excluding carboxylic acids is 1. The summed E-state index contributed by atoms with van der Waals surface area (Å²) >= 11 is 0. The zero-order valence-corrected chi connectivity index (χ0v) is 14.6. The summed E-state index contributed by atoms with van der Waals surface area (Å²) in [4.78, 5) is 23.7. The van der Waals surface area contributed by atoms with Gasteiger partial charge < -0.3 is 10.4 Å². The highest BCUT2D eigenvalue weighted by Crippen LogP contribution is 2.40. The first kappa shape index (κ1) is 20.3. The summed E-state index contributed by atoms with van der Waals surface area (Å²) < 4.78 is 38.2. The molecule has 0 aromatic heterocycles. The fourth-order valence-corrected chi connectivity index (χ4v) is 3.49. The van der Waals surface area contributed by atoms with Crippen LogP contribution in [-0.4, -0.2) is 23.2 Å². The normalized spacial score (nSPS) is 23.1. The van der Waals surface area contributed by atoms with E-state index in [1.165, 1.54) is 6.92 Å². The number of hydrogen-bond acceptors (Lipinski definition) is 2. The van der Waals surface area contributed by atoms with Gasteiger partial charge in [0.25, 0.3) is 0 Å². The van der Waals surface area contributed by atoms with Gasteiger partial charge in [-0.3, -0.25) is 9.59 Å². The number of aliphatic carboxylic acids is 1. The van der Waals surface area contributed by atoms with E-state index < -0.39 is 30.0 Å². The SMILES string of the molecule is CC(C(=O)O)C(NC(=O)CC1CCC(C(F)(F)F)CC1)c1ccccc1. The topological polar surface area (TPSA) is 66.4 Å². The minimum Gasteiger partial charge on any atom is -0.481 e. The van der Waals surface area contributed by atoms with Crippen molar-refractivity contribution in [2.45, 2.75) is 51.2 Å². The van der Waals surface area contributed by atoms with Gasteiger partial charge in [-0.2, -0.15) is 13.2 Å². The molecule has 2 rings (SSSR count). The van der Waals surface area contributed by atoms with E-state index in [9.17, 15) is 27.9 Å². The molecule has 1 aromatic carbocycles. The first-order chi connectivity index (χ1) is 12.2. The molecule has 1 fully saturated rings. The molecule has 0 heterocycles. The third-order valence-corrected chi connectivity index (χ3v) is 5.15. The molecule has 1 aromatic rings. The molecule has 1 aliphatic rings. The molecule has 0 aliphatic heterocycles. The van der Waals surface area contributed by atoms with Crippen molar-refractivity contribution >= 4 is 11.9 Å². The Morgan fingerprint density at radius 2 is 1.73 bits per heavy atom. The molecule has 2 N–H and O–H groups in total. The second-order valence-corrected chi connectivity index (χ2v) is 7.05. The molecule has 4 nitrogen and oxygen atoms in total. The third kappa shape index (κ3) is 5.47. The summed E-state index contributed by atoms with van der Waals surface area (Å²) in [7, 11) is 0. The lowest BCUT2D eigenvalue weighted by atomic mass is 9.80. The summed E-state index contributed by atoms with van der Waals surface area (Å²) in [5, 5.41) is 12.1. The van der Waals surface area contributed by atoms with Crippen LogP contribution in [-0.2, 0) is 9.59 Å². The first-order valence-electron chi connectivity index (χ1n) is 8.82. The Bertz CT molecular complexity index is 610. The van der Waals surface area contributed by atoms with Crippen molar-refractivity contribution in [2.75, 3.05) is 0 Å². The van der Waals surface area contributed by atoms with Crippen molar-refractivity contribution in [3.63, 3.8) is 0 Å². The van der Waals surface area contributed by atoms with Crippen LogP contribution in [0.4, 0.5) is 13.2 Å². The van der Waals surface area contributed by atoms with Crippen LogP contribution in [0.3, 0.4) is 0 Å². The zero-order chi connectivity index (χ0) is 19.3. The Morgan fingerprint density at radius 3 is 2.23 bits per heavy atom. The lowest BCUT2D eigenvalue weighted by Gasteiger charge is -2.30. The molecule has 26 heavy (non-hydrogen) atoms. The smallest absolute Gasteiger partial charge is 0.391 e. The Labute approximate surface area is 150 Å². The van der Waals surface area contributed by atoms with Gasteiger partial charge in [-0.15, -0.1) is 0 Å². The second kappa shape index (κ2) is 8.56. The number of carboxylic acids is 1. The van der Waals surface area contributed by atoms with E-state index in [4.69, 9.17) is 0 Å². The van der Waals surface area contributed by atoms with Gasteiger partial charge in [-0.05, 0) is 44.1 Å². The summed E-state index contributed by atoms with van der Waals surface area (Å²) in [6.07, 6.45) is -3.21. The molecule has 7 heteroatoms. The molecular formula is C19H24F3NO3. The van der Waals surface area contributed by atoms with Gasteiger partial charge in [0.05, 0.1) is 17.9 Å². The minimum atomic E-state index is -4.16. The van der Waals surface area contributed by atoms with E-state index in [1.807, 2.05) is 0 Å². The number of benzene rings is 1. The van der Waals surface area contributed by atoms with Crippen LogP contribution in [0.2, 0.25) is 0 Å². The molecule has 2 atom stereocenters. The molecule has 1 aliphatic carbocycles. The van der Waals surface area contributed by atoms with Gasteiger partial charge in [0, 0.05) is 6.42 Å². The summed E-state index contributed by atoms with van der Waals surface area (Å²) in [5.74, 6) is -3.52. The van der Waals surface area contributed by atoms with E-state index in [0.29, 0.717) is 18.4 Å². The summed E-state index contributed by atoms with van der Waals surface area (Å²) in [6.45, 7) is 1.52. The first-order valence-corrected chi connectivity index (χ1v) is 8.82. The highest BCUT2D eigenvalue weighted by atomic mass is 19.4. The fraction of sp³-hybridized carbons (Fsp3) is 0.579. The van der Waals surface area contributed by atoms with Crippen molar-refractivity contribution in [1.29, 1.82) is 0 Å². The van der Waals surface area contributed by atoms with Gasteiger partial charge in [-0.25, -0.2) is 0 Å². The second-order valence-electron chi connectivity index (χ2n) is 7.05.